The minimum atomic E-state index is 0.133. The van der Waals surface area contributed by atoms with Gasteiger partial charge in [0.05, 0.1) is 9.99 Å². The Hall–Kier alpha value is -1.95. The first-order valence-corrected chi connectivity index (χ1v) is 8.25. The third-order valence-electron chi connectivity index (χ3n) is 3.31. The highest BCUT2D eigenvalue weighted by atomic mass is 79.9. The van der Waals surface area contributed by atoms with E-state index in [1.807, 2.05) is 35.9 Å². The summed E-state index contributed by atoms with van der Waals surface area (Å²) in [6.45, 7) is 9.32. The van der Waals surface area contributed by atoms with Gasteiger partial charge >= 0.3 is 0 Å². The molecule has 0 amide bonds. The first-order valence-electron chi connectivity index (χ1n) is 7.46. The van der Waals surface area contributed by atoms with E-state index in [0.717, 1.165) is 27.6 Å². The van der Waals surface area contributed by atoms with Gasteiger partial charge in [0.15, 0.2) is 0 Å². The monoisotopic (exact) mass is 374 g/mol. The molecule has 0 saturated carbocycles. The zero-order valence-electron chi connectivity index (χ0n) is 13.7. The molecule has 2 aromatic heterocycles. The van der Waals surface area contributed by atoms with Crippen LogP contribution in [-0.2, 0) is 6.54 Å². The summed E-state index contributed by atoms with van der Waals surface area (Å²) in [5.41, 5.74) is 3.00. The molecule has 6 heteroatoms. The Bertz CT molecular complexity index is 834. The smallest absolute Gasteiger partial charge is 0.219 e. The number of ether oxygens (including phenoxy) is 1. The second kappa shape index (κ2) is 5.92. The van der Waals surface area contributed by atoms with Gasteiger partial charge < -0.3 is 4.74 Å². The van der Waals surface area contributed by atoms with Crippen LogP contribution in [0.1, 0.15) is 26.3 Å². The second-order valence-electron chi connectivity index (χ2n) is 6.83. The maximum absolute atomic E-state index is 5.85. The number of fused-ring (bicyclic) bond motifs is 1. The highest BCUT2D eigenvalue weighted by Crippen LogP contribution is 2.34. The van der Waals surface area contributed by atoms with Gasteiger partial charge in [-0.1, -0.05) is 32.1 Å². The number of pyridine rings is 1. The zero-order valence-corrected chi connectivity index (χ0v) is 15.3. The summed E-state index contributed by atoms with van der Waals surface area (Å²) in [5.74, 6) is 1.23. The van der Waals surface area contributed by atoms with E-state index in [0.29, 0.717) is 11.6 Å². The van der Waals surface area contributed by atoms with Crippen LogP contribution in [0, 0.1) is 12.3 Å². The van der Waals surface area contributed by atoms with Gasteiger partial charge in [-0.25, -0.2) is 9.67 Å². The molecular formula is C17H19BrN4O. The van der Waals surface area contributed by atoms with Gasteiger partial charge in [0.2, 0.25) is 5.88 Å². The molecule has 0 N–H and O–H groups in total. The number of benzene rings is 1. The normalized spacial score (nSPS) is 11.9. The van der Waals surface area contributed by atoms with E-state index < -0.39 is 0 Å². The Morgan fingerprint density at radius 3 is 2.61 bits per heavy atom. The number of hydrogen-bond donors (Lipinski definition) is 0. The van der Waals surface area contributed by atoms with Crippen molar-refractivity contribution in [1.82, 2.24) is 20.0 Å². The molecule has 0 spiro atoms. The highest BCUT2D eigenvalue weighted by molar-refractivity contribution is 9.10. The number of hydrogen-bond acceptors (Lipinski definition) is 4. The Morgan fingerprint density at radius 2 is 1.96 bits per heavy atom. The van der Waals surface area contributed by atoms with Gasteiger partial charge in [-0.2, -0.15) is 0 Å². The van der Waals surface area contributed by atoms with Crippen molar-refractivity contribution in [3.63, 3.8) is 0 Å². The van der Waals surface area contributed by atoms with Crippen LogP contribution in [0.3, 0.4) is 0 Å². The molecule has 0 fully saturated rings. The molecule has 3 aromatic rings. The summed E-state index contributed by atoms with van der Waals surface area (Å²) in [7, 11) is 0. The van der Waals surface area contributed by atoms with Crippen LogP contribution in [0.2, 0.25) is 0 Å². The summed E-state index contributed by atoms with van der Waals surface area (Å²) in [5, 5.41) is 8.55. The quantitative estimate of drug-likeness (QED) is 0.664. The molecule has 0 bridgehead atoms. The van der Waals surface area contributed by atoms with Gasteiger partial charge in [0, 0.05) is 18.8 Å². The van der Waals surface area contributed by atoms with E-state index in [4.69, 9.17) is 4.74 Å². The maximum atomic E-state index is 5.85. The van der Waals surface area contributed by atoms with Crippen molar-refractivity contribution in [2.24, 2.45) is 5.41 Å². The van der Waals surface area contributed by atoms with Crippen molar-refractivity contribution in [3.05, 3.63) is 40.5 Å². The number of aromatic nitrogens is 4. The fraction of sp³-hybridized carbons (Fsp3) is 0.353. The number of nitrogens with zero attached hydrogens (tertiary/aromatic N) is 4. The number of halogens is 1. The molecule has 0 aliphatic heterocycles. The van der Waals surface area contributed by atoms with Gasteiger partial charge in [-0.3, -0.25) is 0 Å². The molecule has 0 atom stereocenters. The second-order valence-corrected chi connectivity index (χ2v) is 7.62. The Kier molecular flexibility index (Phi) is 4.10. The Labute approximate surface area is 143 Å². The minimum Gasteiger partial charge on any atom is -0.438 e. The standard InChI is InChI=1S/C17H19BrN4O/c1-11-5-8-14(19-9-11)23-13-7-6-12-16(15(13)18)20-21-22(12)10-17(2,3)4/h5-9H,10H2,1-4H3. The van der Waals surface area contributed by atoms with E-state index in [-0.39, 0.29) is 5.41 Å². The van der Waals surface area contributed by atoms with Gasteiger partial charge in [-0.15, -0.1) is 5.10 Å². The van der Waals surface area contributed by atoms with Crippen LogP contribution < -0.4 is 4.74 Å². The molecule has 23 heavy (non-hydrogen) atoms. The summed E-state index contributed by atoms with van der Waals surface area (Å²) in [4.78, 5) is 4.26. The fourth-order valence-electron chi connectivity index (χ4n) is 2.26. The largest absolute Gasteiger partial charge is 0.438 e. The first-order chi connectivity index (χ1) is 10.8. The van der Waals surface area contributed by atoms with Gasteiger partial charge in [0.25, 0.3) is 0 Å². The molecule has 3 rings (SSSR count). The van der Waals surface area contributed by atoms with E-state index >= 15 is 0 Å². The molecule has 0 aliphatic carbocycles. The van der Waals surface area contributed by atoms with Gasteiger partial charge in [-0.05, 0) is 46.0 Å². The lowest BCUT2D eigenvalue weighted by molar-refractivity contribution is 0.327. The molecular weight excluding hydrogens is 356 g/mol. The van der Waals surface area contributed by atoms with E-state index in [9.17, 15) is 0 Å². The van der Waals surface area contributed by atoms with Crippen molar-refractivity contribution in [2.45, 2.75) is 34.2 Å². The Balaban J connectivity index is 1.95. The first kappa shape index (κ1) is 15.9. The van der Waals surface area contributed by atoms with Crippen LogP contribution in [-0.4, -0.2) is 20.0 Å². The lowest BCUT2D eigenvalue weighted by atomic mass is 9.97. The predicted molar refractivity (Wildman–Crippen MR) is 93.7 cm³/mol. The fourth-order valence-corrected chi connectivity index (χ4v) is 2.75. The summed E-state index contributed by atoms with van der Waals surface area (Å²) < 4.78 is 8.56. The molecule has 2 heterocycles. The number of aryl methyl sites for hydroxylation is 1. The van der Waals surface area contributed by atoms with Crippen molar-refractivity contribution in [1.29, 1.82) is 0 Å². The minimum absolute atomic E-state index is 0.133. The lowest BCUT2D eigenvalue weighted by Crippen LogP contribution is -2.16. The van der Waals surface area contributed by atoms with Crippen molar-refractivity contribution in [3.8, 4) is 11.6 Å². The summed E-state index contributed by atoms with van der Waals surface area (Å²) in [6, 6.07) is 7.71. The van der Waals surface area contributed by atoms with Crippen LogP contribution in [0.4, 0.5) is 0 Å². The number of rotatable bonds is 3. The van der Waals surface area contributed by atoms with Gasteiger partial charge in [0.1, 0.15) is 11.3 Å². The van der Waals surface area contributed by atoms with E-state index in [1.165, 1.54) is 0 Å². The van der Waals surface area contributed by atoms with Crippen molar-refractivity contribution < 1.29 is 4.74 Å². The molecule has 0 aliphatic rings. The molecule has 1 aromatic carbocycles. The average Bonchev–Trinajstić information content (AvgIpc) is 2.86. The third-order valence-corrected chi connectivity index (χ3v) is 4.08. The average molecular weight is 375 g/mol. The van der Waals surface area contributed by atoms with Crippen LogP contribution in [0.5, 0.6) is 11.6 Å². The maximum Gasteiger partial charge on any atom is 0.219 e. The molecule has 0 unspecified atom stereocenters. The predicted octanol–water partition coefficient (Wildman–Crippen LogP) is 4.74. The van der Waals surface area contributed by atoms with Crippen molar-refractivity contribution >= 4 is 27.0 Å². The lowest BCUT2D eigenvalue weighted by Gasteiger charge is -2.17. The summed E-state index contributed by atoms with van der Waals surface area (Å²) >= 11 is 3.58. The van der Waals surface area contributed by atoms with Crippen LogP contribution in [0.25, 0.3) is 11.0 Å². The molecule has 120 valence electrons. The molecule has 0 saturated heterocycles. The highest BCUT2D eigenvalue weighted by Gasteiger charge is 2.17. The molecule has 5 nitrogen and oxygen atoms in total. The zero-order chi connectivity index (χ0) is 16.6. The van der Waals surface area contributed by atoms with Crippen LogP contribution >= 0.6 is 15.9 Å². The van der Waals surface area contributed by atoms with E-state index in [2.05, 4.69) is 52.0 Å². The topological polar surface area (TPSA) is 52.8 Å². The van der Waals surface area contributed by atoms with E-state index in [1.54, 1.807) is 6.20 Å². The molecule has 0 radical (unpaired) electrons. The van der Waals surface area contributed by atoms with Crippen molar-refractivity contribution in [2.75, 3.05) is 0 Å². The third kappa shape index (κ3) is 3.52. The SMILES string of the molecule is Cc1ccc(Oc2ccc3c(nnn3CC(C)(C)C)c2Br)nc1. The summed E-state index contributed by atoms with van der Waals surface area (Å²) in [6.07, 6.45) is 1.78. The van der Waals surface area contributed by atoms with Crippen LogP contribution in [0.15, 0.2) is 34.9 Å². The Morgan fingerprint density at radius 1 is 1.17 bits per heavy atom.